The highest BCUT2D eigenvalue weighted by Crippen LogP contribution is 2.40. The van der Waals surface area contributed by atoms with E-state index in [0.29, 0.717) is 28.1 Å². The van der Waals surface area contributed by atoms with Crippen LogP contribution in [0.4, 0.5) is 13.2 Å². The predicted octanol–water partition coefficient (Wildman–Crippen LogP) is 2.91. The second-order valence-electron chi connectivity index (χ2n) is 7.71. The Hall–Kier alpha value is -3.93. The number of nitrogens with zero attached hydrogens (tertiary/aromatic N) is 5. The van der Waals surface area contributed by atoms with E-state index >= 15 is 0 Å². The van der Waals surface area contributed by atoms with Gasteiger partial charge in [-0.15, -0.1) is 5.10 Å². The van der Waals surface area contributed by atoms with E-state index in [9.17, 15) is 23.1 Å². The minimum Gasteiger partial charge on any atom is -0.481 e. The molecular weight excluding hydrogens is 453 g/mol. The number of primary amides is 1. The molecule has 0 aromatic carbocycles. The Morgan fingerprint density at radius 1 is 1.18 bits per heavy atom. The van der Waals surface area contributed by atoms with E-state index in [1.54, 1.807) is 47.3 Å². The lowest BCUT2D eigenvalue weighted by Crippen LogP contribution is -2.42. The first-order valence-electron chi connectivity index (χ1n) is 10.2. The molecule has 1 atom stereocenters. The zero-order chi connectivity index (χ0) is 24.7. The van der Waals surface area contributed by atoms with Crippen molar-refractivity contribution in [2.45, 2.75) is 31.7 Å². The summed E-state index contributed by atoms with van der Waals surface area (Å²) in [6.45, 7) is 1.31. The number of halogens is 3. The second-order valence-corrected chi connectivity index (χ2v) is 7.71. The van der Waals surface area contributed by atoms with Gasteiger partial charge in [0.15, 0.2) is 0 Å². The molecule has 0 spiro atoms. The molecule has 0 bridgehead atoms. The Bertz CT molecular complexity index is 1350. The van der Waals surface area contributed by atoms with Crippen LogP contribution >= 0.6 is 0 Å². The number of nitrogens with two attached hydrogens (primary N) is 1. The Kier molecular flexibility index (Phi) is 5.77. The third-order valence-corrected chi connectivity index (χ3v) is 5.62. The van der Waals surface area contributed by atoms with E-state index in [-0.39, 0.29) is 12.1 Å². The summed E-state index contributed by atoms with van der Waals surface area (Å²) in [7, 11) is 1.50. The largest absolute Gasteiger partial charge is 0.481 e. The van der Waals surface area contributed by atoms with Crippen molar-refractivity contribution >= 4 is 11.4 Å². The lowest BCUT2D eigenvalue weighted by molar-refractivity contribution is -0.269. The van der Waals surface area contributed by atoms with Crippen molar-refractivity contribution in [2.75, 3.05) is 7.11 Å². The van der Waals surface area contributed by atoms with Crippen LogP contribution in [0.15, 0.2) is 49.1 Å². The van der Waals surface area contributed by atoms with Crippen LogP contribution < -0.4 is 10.5 Å². The van der Waals surface area contributed by atoms with Gasteiger partial charge < -0.3 is 20.0 Å². The lowest BCUT2D eigenvalue weighted by atomic mass is 9.96. The molecule has 3 N–H and O–H groups in total. The molecule has 0 aliphatic heterocycles. The van der Waals surface area contributed by atoms with E-state index in [0.717, 1.165) is 6.20 Å². The molecule has 1 unspecified atom stereocenters. The molecule has 4 aromatic heterocycles. The van der Waals surface area contributed by atoms with E-state index in [1.807, 2.05) is 0 Å². The first kappa shape index (κ1) is 23.2. The molecule has 4 aromatic rings. The van der Waals surface area contributed by atoms with Crippen LogP contribution in [-0.4, -0.2) is 48.7 Å². The minimum atomic E-state index is -4.88. The number of methoxy groups -OCH3 is 1. The van der Waals surface area contributed by atoms with Gasteiger partial charge in [-0.25, -0.2) is 9.67 Å². The standard InChI is InChI=1S/C22H21F3N6O3/c1-3-21(33,22(23,24)25)17-12-31(29-28-17)10-13-4-6-16-19(14-5-7-18(34-2)27-8-14)15(20(26)32)11-30(16)9-13/h4-9,11-12,33H,3,10H2,1-2H3,(H2,26,32). The molecule has 1 amide bonds. The summed E-state index contributed by atoms with van der Waals surface area (Å²) in [6, 6.07) is 6.93. The van der Waals surface area contributed by atoms with Gasteiger partial charge in [0.05, 0.1) is 30.9 Å². The maximum absolute atomic E-state index is 13.3. The zero-order valence-electron chi connectivity index (χ0n) is 18.2. The summed E-state index contributed by atoms with van der Waals surface area (Å²) in [5, 5.41) is 17.3. The van der Waals surface area contributed by atoms with Crippen molar-refractivity contribution in [1.82, 2.24) is 24.4 Å². The molecular formula is C22H21F3N6O3. The van der Waals surface area contributed by atoms with E-state index in [1.165, 1.54) is 18.7 Å². The monoisotopic (exact) mass is 474 g/mol. The zero-order valence-corrected chi connectivity index (χ0v) is 18.2. The number of aliphatic hydroxyl groups is 1. The number of ether oxygens (including phenoxy) is 1. The molecule has 0 fully saturated rings. The third-order valence-electron chi connectivity index (χ3n) is 5.62. The Morgan fingerprint density at radius 3 is 2.53 bits per heavy atom. The molecule has 12 heteroatoms. The molecule has 0 aliphatic rings. The van der Waals surface area contributed by atoms with Crippen molar-refractivity contribution < 1.29 is 27.8 Å². The van der Waals surface area contributed by atoms with Gasteiger partial charge >= 0.3 is 6.18 Å². The van der Waals surface area contributed by atoms with E-state index in [2.05, 4.69) is 15.3 Å². The molecule has 4 heterocycles. The molecule has 0 radical (unpaired) electrons. The van der Waals surface area contributed by atoms with Crippen molar-refractivity contribution in [2.24, 2.45) is 5.73 Å². The number of pyridine rings is 2. The van der Waals surface area contributed by atoms with Gasteiger partial charge in [0.25, 0.3) is 5.91 Å². The average molecular weight is 474 g/mol. The number of alkyl halides is 3. The topological polar surface area (TPSA) is 121 Å². The molecule has 0 saturated carbocycles. The van der Waals surface area contributed by atoms with Gasteiger partial charge in [-0.1, -0.05) is 18.2 Å². The highest BCUT2D eigenvalue weighted by Gasteiger charge is 2.55. The van der Waals surface area contributed by atoms with E-state index in [4.69, 9.17) is 10.5 Å². The SMILES string of the molecule is CCC(O)(c1cn(Cc2ccc3c(-c4ccc(OC)nc4)c(C(N)=O)cn3c2)nn1)C(F)(F)F. The highest BCUT2D eigenvalue weighted by atomic mass is 19.4. The smallest absolute Gasteiger partial charge is 0.423 e. The number of hydrogen-bond donors (Lipinski definition) is 2. The fourth-order valence-electron chi connectivity index (χ4n) is 3.74. The van der Waals surface area contributed by atoms with E-state index < -0.39 is 29.8 Å². The molecule has 0 saturated heterocycles. The maximum Gasteiger partial charge on any atom is 0.423 e. The second kappa shape index (κ2) is 8.45. The van der Waals surface area contributed by atoms with Crippen LogP contribution in [0.25, 0.3) is 16.6 Å². The molecule has 4 rings (SSSR count). The summed E-state index contributed by atoms with van der Waals surface area (Å²) in [5.41, 5.74) is 4.83. The van der Waals surface area contributed by atoms with Crippen LogP contribution in [0.2, 0.25) is 0 Å². The summed E-state index contributed by atoms with van der Waals surface area (Å²) in [6.07, 6.45) is 0.446. The lowest BCUT2D eigenvalue weighted by Gasteiger charge is -2.26. The van der Waals surface area contributed by atoms with Crippen molar-refractivity contribution in [3.8, 4) is 17.0 Å². The number of amides is 1. The van der Waals surface area contributed by atoms with Crippen LogP contribution in [0.3, 0.4) is 0 Å². The number of carbonyl (C=O) groups excluding carboxylic acids is 1. The number of aromatic nitrogens is 5. The third kappa shape index (κ3) is 3.96. The Balaban J connectivity index is 1.69. The van der Waals surface area contributed by atoms with Crippen molar-refractivity contribution in [1.29, 1.82) is 0 Å². The number of rotatable bonds is 7. The number of hydrogen-bond acceptors (Lipinski definition) is 6. The molecule has 34 heavy (non-hydrogen) atoms. The first-order valence-corrected chi connectivity index (χ1v) is 10.2. The Labute approximate surface area is 191 Å². The number of fused-ring (bicyclic) bond motifs is 1. The van der Waals surface area contributed by atoms with Gasteiger partial charge in [0.2, 0.25) is 11.5 Å². The van der Waals surface area contributed by atoms with Crippen molar-refractivity contribution in [3.05, 3.63) is 65.9 Å². The van der Waals surface area contributed by atoms with Crippen LogP contribution in [0.5, 0.6) is 5.88 Å². The summed E-state index contributed by atoms with van der Waals surface area (Å²) in [4.78, 5) is 16.3. The fourth-order valence-corrected chi connectivity index (χ4v) is 3.74. The molecule has 9 nitrogen and oxygen atoms in total. The Morgan fingerprint density at radius 2 is 1.94 bits per heavy atom. The van der Waals surface area contributed by atoms with Gasteiger partial charge in [-0.2, -0.15) is 13.2 Å². The molecule has 0 aliphatic carbocycles. The predicted molar refractivity (Wildman–Crippen MR) is 115 cm³/mol. The minimum absolute atomic E-state index is 0.0874. The quantitative estimate of drug-likeness (QED) is 0.425. The van der Waals surface area contributed by atoms with Gasteiger partial charge in [0, 0.05) is 35.8 Å². The average Bonchev–Trinajstić information content (AvgIpc) is 3.42. The first-order chi connectivity index (χ1) is 16.1. The fraction of sp³-hybridized carbons (Fsp3) is 0.273. The normalized spacial score (nSPS) is 13.7. The summed E-state index contributed by atoms with van der Waals surface area (Å²) in [5.74, 6) is -0.203. The van der Waals surface area contributed by atoms with Crippen LogP contribution in [0.1, 0.15) is 35.0 Å². The van der Waals surface area contributed by atoms with Gasteiger partial charge in [0.1, 0.15) is 5.69 Å². The van der Waals surface area contributed by atoms with Crippen LogP contribution in [0, 0.1) is 0 Å². The maximum atomic E-state index is 13.3. The van der Waals surface area contributed by atoms with Crippen molar-refractivity contribution in [3.63, 3.8) is 0 Å². The molecule has 178 valence electrons. The van der Waals surface area contributed by atoms with Gasteiger partial charge in [-0.05, 0) is 24.1 Å². The van der Waals surface area contributed by atoms with Gasteiger partial charge in [-0.3, -0.25) is 4.79 Å². The summed E-state index contributed by atoms with van der Waals surface area (Å²) >= 11 is 0. The highest BCUT2D eigenvalue weighted by molar-refractivity contribution is 6.04. The number of carbonyl (C=O) groups is 1. The van der Waals surface area contributed by atoms with Crippen LogP contribution in [-0.2, 0) is 12.1 Å². The summed E-state index contributed by atoms with van der Waals surface area (Å²) < 4.78 is 47.9.